The molecule has 2 rings (SSSR count). The Balaban J connectivity index is 2.43. The molecule has 2 aromatic rings. The number of hydrogen-bond acceptors (Lipinski definition) is 2. The van der Waals surface area contributed by atoms with Crippen molar-refractivity contribution in [2.75, 3.05) is 0 Å². The molecule has 0 unspecified atom stereocenters. The minimum atomic E-state index is -0.314. The zero-order valence-corrected chi connectivity index (χ0v) is 6.11. The summed E-state index contributed by atoms with van der Waals surface area (Å²) in [5, 5.41) is 7.74. The van der Waals surface area contributed by atoms with Gasteiger partial charge in [-0.25, -0.2) is 4.39 Å². The van der Waals surface area contributed by atoms with Crippen LogP contribution in [0.25, 0.3) is 5.69 Å². The maximum atomic E-state index is 12.4. The molecule has 0 fully saturated rings. The van der Waals surface area contributed by atoms with Crippen LogP contribution >= 0.6 is 0 Å². The second-order valence-electron chi connectivity index (χ2n) is 2.21. The largest absolute Gasteiger partial charge is 0.207 e. The lowest BCUT2D eigenvalue weighted by Gasteiger charge is -1.96. The third kappa shape index (κ3) is 1.18. The van der Waals surface area contributed by atoms with E-state index in [1.54, 1.807) is 18.5 Å². The highest BCUT2D eigenvalue weighted by atomic mass is 19.1. The van der Waals surface area contributed by atoms with Crippen molar-refractivity contribution in [3.05, 3.63) is 42.5 Å². The second kappa shape index (κ2) is 2.73. The number of halogens is 1. The first-order valence-corrected chi connectivity index (χ1v) is 3.40. The van der Waals surface area contributed by atoms with Crippen LogP contribution < -0.4 is 0 Å². The molecule has 12 heavy (non-hydrogen) atoms. The summed E-state index contributed by atoms with van der Waals surface area (Å²) in [5.41, 5.74) is 0.626. The van der Waals surface area contributed by atoms with E-state index in [9.17, 15) is 4.39 Å². The fourth-order valence-electron chi connectivity index (χ4n) is 0.862. The van der Waals surface area contributed by atoms with Crippen LogP contribution in [0.3, 0.4) is 0 Å². The minimum absolute atomic E-state index is 0.314. The van der Waals surface area contributed by atoms with Gasteiger partial charge in [0.05, 0.1) is 18.1 Å². The number of nitrogens with zero attached hydrogens (tertiary/aromatic N) is 3. The maximum absolute atomic E-state index is 12.4. The molecule has 4 heteroatoms. The first-order chi connectivity index (χ1) is 5.86. The first kappa shape index (κ1) is 6.97. The van der Waals surface area contributed by atoms with Crippen molar-refractivity contribution in [1.82, 2.24) is 15.0 Å². The summed E-state index contributed by atoms with van der Waals surface area (Å²) in [4.78, 5) is 1.37. The Labute approximate surface area is 68.4 Å². The van der Waals surface area contributed by atoms with Crippen molar-refractivity contribution in [2.45, 2.75) is 0 Å². The van der Waals surface area contributed by atoms with Gasteiger partial charge in [0.15, 0.2) is 0 Å². The lowest BCUT2D eigenvalue weighted by molar-refractivity contribution is 0.625. The molecule has 0 spiro atoms. The molecule has 0 aliphatic carbocycles. The van der Waals surface area contributed by atoms with Crippen LogP contribution in [0.5, 0.6) is 0 Å². The van der Waals surface area contributed by atoms with Crippen molar-refractivity contribution in [3.8, 4) is 5.69 Å². The van der Waals surface area contributed by atoms with Crippen molar-refractivity contribution in [1.29, 1.82) is 0 Å². The van der Waals surface area contributed by atoms with Gasteiger partial charge in [0.25, 0.3) is 0 Å². The lowest BCUT2D eigenvalue weighted by atomic mass is 10.3. The van der Waals surface area contributed by atoms with Gasteiger partial charge in [-0.2, -0.15) is 15.0 Å². The summed E-state index contributed by atoms with van der Waals surface area (Å²) in [7, 11) is 0. The van der Waals surface area contributed by atoms with E-state index in [0.717, 1.165) is 0 Å². The number of benzene rings is 1. The molecule has 0 N–H and O–H groups in total. The Morgan fingerprint density at radius 1 is 1.25 bits per heavy atom. The summed E-state index contributed by atoms with van der Waals surface area (Å²) >= 11 is 0. The third-order valence-electron chi connectivity index (χ3n) is 1.39. The van der Waals surface area contributed by atoms with Gasteiger partial charge in [0, 0.05) is 6.07 Å². The average molecular weight is 162 g/mol. The monoisotopic (exact) mass is 162 g/mol. The predicted octanol–water partition coefficient (Wildman–Crippen LogP) is 1.21. The summed E-state index contributed by atoms with van der Waals surface area (Å²) in [6, 6.07) is 6.86. The van der Waals surface area contributed by atoms with Crippen LogP contribution in [-0.4, -0.2) is 15.0 Å². The van der Waals surface area contributed by atoms with Gasteiger partial charge in [-0.3, -0.25) is 0 Å². The number of hydrogen-bond donors (Lipinski definition) is 0. The van der Waals surface area contributed by atoms with E-state index in [4.69, 9.17) is 0 Å². The van der Waals surface area contributed by atoms with Gasteiger partial charge in [-0.1, -0.05) is 0 Å². The van der Waals surface area contributed by atoms with E-state index in [2.05, 4.69) is 16.3 Å². The number of aromatic nitrogens is 3. The molecule has 1 aromatic heterocycles. The number of rotatable bonds is 1. The molecule has 1 radical (unpaired) electrons. The van der Waals surface area contributed by atoms with Gasteiger partial charge in [-0.15, -0.1) is 0 Å². The lowest BCUT2D eigenvalue weighted by Crippen LogP contribution is -1.97. The summed E-state index contributed by atoms with van der Waals surface area (Å²) < 4.78 is 12.4. The molecule has 59 valence electrons. The van der Waals surface area contributed by atoms with Gasteiger partial charge in [0.2, 0.25) is 0 Å². The van der Waals surface area contributed by atoms with Crippen LogP contribution in [0.4, 0.5) is 4.39 Å². The van der Waals surface area contributed by atoms with Gasteiger partial charge < -0.3 is 0 Å². The summed E-state index contributed by atoms with van der Waals surface area (Å²) in [6.45, 7) is 0. The van der Waals surface area contributed by atoms with Crippen LogP contribution in [0.2, 0.25) is 0 Å². The van der Waals surface area contributed by atoms with E-state index in [1.807, 2.05) is 0 Å². The Morgan fingerprint density at radius 2 is 2.00 bits per heavy atom. The molecule has 0 saturated heterocycles. The molecule has 1 aromatic carbocycles. The van der Waals surface area contributed by atoms with Crippen molar-refractivity contribution >= 4 is 0 Å². The molecule has 0 amide bonds. The Bertz CT molecular complexity index is 352. The third-order valence-corrected chi connectivity index (χ3v) is 1.39. The first-order valence-electron chi connectivity index (χ1n) is 3.40. The maximum Gasteiger partial charge on any atom is 0.123 e. The van der Waals surface area contributed by atoms with E-state index in [0.29, 0.717) is 5.69 Å². The van der Waals surface area contributed by atoms with E-state index < -0.39 is 0 Å². The smallest absolute Gasteiger partial charge is 0.123 e. The van der Waals surface area contributed by atoms with Crippen molar-refractivity contribution in [2.24, 2.45) is 0 Å². The second-order valence-corrected chi connectivity index (χ2v) is 2.21. The zero-order chi connectivity index (χ0) is 8.39. The highest BCUT2D eigenvalue weighted by Gasteiger charge is 1.96. The SMILES string of the molecule is Fc1c[c]c(-n2nccn2)cc1. The molecule has 0 aliphatic heterocycles. The van der Waals surface area contributed by atoms with Crippen molar-refractivity contribution < 1.29 is 4.39 Å². The quantitative estimate of drug-likeness (QED) is 0.630. The minimum Gasteiger partial charge on any atom is -0.207 e. The van der Waals surface area contributed by atoms with E-state index >= 15 is 0 Å². The predicted molar refractivity (Wildman–Crippen MR) is 40.2 cm³/mol. The van der Waals surface area contributed by atoms with E-state index in [1.165, 1.54) is 16.9 Å². The van der Waals surface area contributed by atoms with Crippen LogP contribution in [0.1, 0.15) is 0 Å². The van der Waals surface area contributed by atoms with Gasteiger partial charge in [0.1, 0.15) is 5.82 Å². The fourth-order valence-corrected chi connectivity index (χ4v) is 0.862. The van der Waals surface area contributed by atoms with Crippen molar-refractivity contribution in [3.63, 3.8) is 0 Å². The molecule has 1 heterocycles. The molecule has 3 nitrogen and oxygen atoms in total. The van der Waals surface area contributed by atoms with Gasteiger partial charge >= 0.3 is 0 Å². The van der Waals surface area contributed by atoms with E-state index in [-0.39, 0.29) is 5.82 Å². The average Bonchev–Trinajstić information content (AvgIpc) is 2.58. The topological polar surface area (TPSA) is 30.7 Å². The molecular formula is C8H5FN3. The summed E-state index contributed by atoms with van der Waals surface area (Å²) in [6.07, 6.45) is 3.11. The molecular weight excluding hydrogens is 157 g/mol. The Morgan fingerprint density at radius 3 is 2.58 bits per heavy atom. The highest BCUT2D eigenvalue weighted by Crippen LogP contribution is 2.04. The zero-order valence-electron chi connectivity index (χ0n) is 6.11. The Kier molecular flexibility index (Phi) is 1.59. The summed E-state index contributed by atoms with van der Waals surface area (Å²) in [5.74, 6) is -0.314. The van der Waals surface area contributed by atoms with Crippen LogP contribution in [0, 0.1) is 11.9 Å². The molecule has 0 atom stereocenters. The van der Waals surface area contributed by atoms with Crippen LogP contribution in [-0.2, 0) is 0 Å². The standard InChI is InChI=1S/C8H5FN3/c9-7-1-3-8(4-2-7)12-10-5-6-11-12/h1-3,5-6H. The molecule has 0 bridgehead atoms. The molecule has 0 saturated carbocycles. The molecule has 0 aliphatic rings. The highest BCUT2D eigenvalue weighted by molar-refractivity contribution is 5.27. The fraction of sp³-hybridized carbons (Fsp3) is 0. The van der Waals surface area contributed by atoms with Gasteiger partial charge in [-0.05, 0) is 18.2 Å². The normalized spacial score (nSPS) is 10.1. The van der Waals surface area contributed by atoms with Crippen LogP contribution in [0.15, 0.2) is 30.6 Å². The Hall–Kier alpha value is -1.71.